The van der Waals surface area contributed by atoms with Crippen molar-refractivity contribution < 1.29 is 27.6 Å². The second kappa shape index (κ2) is 7.22. The van der Waals surface area contributed by atoms with Crippen LogP contribution in [0.4, 0.5) is 5.95 Å². The Morgan fingerprint density at radius 3 is 2.69 bits per heavy atom. The molecule has 3 aromatic rings. The van der Waals surface area contributed by atoms with Crippen LogP contribution in [0.25, 0.3) is 11.2 Å². The maximum Gasteiger partial charge on any atom is 0.340 e. The number of imidazole rings is 1. The predicted octanol–water partition coefficient (Wildman–Crippen LogP) is 0.125. The van der Waals surface area contributed by atoms with Gasteiger partial charge in [-0.3, -0.25) is 4.57 Å². The highest BCUT2D eigenvalue weighted by molar-refractivity contribution is 7.87. The summed E-state index contributed by atoms with van der Waals surface area (Å²) in [5.41, 5.74) is 6.89. The van der Waals surface area contributed by atoms with Crippen LogP contribution < -0.4 is 9.92 Å². The Kier molecular flexibility index (Phi) is 4.86. The molecule has 4 rings (SSSR count). The lowest BCUT2D eigenvalue weighted by Crippen LogP contribution is -2.24. The van der Waals surface area contributed by atoms with Crippen molar-refractivity contribution in [2.75, 3.05) is 12.3 Å². The number of nitrogens with zero attached hydrogens (tertiary/aromatic N) is 4. The molecule has 0 bridgehead atoms. The highest BCUT2D eigenvalue weighted by Crippen LogP contribution is 2.33. The smallest absolute Gasteiger partial charge is 0.340 e. The molecule has 12 heteroatoms. The lowest BCUT2D eigenvalue weighted by atomic mass is 10.2. The van der Waals surface area contributed by atoms with Gasteiger partial charge >= 0.3 is 10.1 Å². The summed E-state index contributed by atoms with van der Waals surface area (Å²) in [5, 5.41) is 19.2. The number of ether oxygens (including phenoxy) is 1. The fourth-order valence-electron chi connectivity index (χ4n) is 3.08. The molecule has 0 radical (unpaired) electrons. The van der Waals surface area contributed by atoms with Gasteiger partial charge in [0.05, 0.1) is 19.0 Å². The van der Waals surface area contributed by atoms with Crippen LogP contribution in [0, 0.1) is 6.92 Å². The van der Waals surface area contributed by atoms with Gasteiger partial charge in [0, 0.05) is 6.42 Å². The van der Waals surface area contributed by atoms with Crippen LogP contribution in [-0.2, 0) is 14.9 Å². The zero-order valence-electron chi connectivity index (χ0n) is 15.3. The number of aryl methyl sites for hydroxylation is 1. The molecule has 1 saturated heterocycles. The van der Waals surface area contributed by atoms with E-state index in [0.717, 1.165) is 5.56 Å². The van der Waals surface area contributed by atoms with Crippen LogP contribution in [0.2, 0.25) is 0 Å². The molecule has 3 heterocycles. The maximum atomic E-state index is 12.6. The Morgan fingerprint density at radius 1 is 1.31 bits per heavy atom. The summed E-state index contributed by atoms with van der Waals surface area (Å²) in [7, 11) is -4.17. The number of aromatic nitrogens is 4. The summed E-state index contributed by atoms with van der Waals surface area (Å²) < 4.78 is 37.5. The predicted molar refractivity (Wildman–Crippen MR) is 100 cm³/mol. The Balaban J connectivity index is 1.71. The Hall–Kier alpha value is -2.80. The summed E-state index contributed by atoms with van der Waals surface area (Å²) in [6, 6.07) is 6.14. The number of benzene rings is 1. The first-order valence-corrected chi connectivity index (χ1v) is 10.1. The van der Waals surface area contributed by atoms with Gasteiger partial charge in [0.25, 0.3) is 5.88 Å². The zero-order chi connectivity index (χ0) is 20.8. The Labute approximate surface area is 165 Å². The fraction of sp³-hybridized carbons (Fsp3) is 0.353. The van der Waals surface area contributed by atoms with Crippen LogP contribution in [0.5, 0.6) is 5.88 Å². The third-order valence-corrected chi connectivity index (χ3v) is 5.83. The number of aliphatic hydroxyl groups excluding tert-OH is 2. The molecular weight excluding hydrogens is 402 g/mol. The molecule has 2 aromatic heterocycles. The van der Waals surface area contributed by atoms with Gasteiger partial charge in [-0.2, -0.15) is 18.4 Å². The normalized spacial score (nSPS) is 22.2. The van der Waals surface area contributed by atoms with Crippen LogP contribution in [0.15, 0.2) is 35.5 Å². The average Bonchev–Trinajstić information content (AvgIpc) is 3.24. The molecule has 11 nitrogen and oxygen atoms in total. The van der Waals surface area contributed by atoms with Crippen molar-refractivity contribution in [3.8, 4) is 5.88 Å². The molecule has 1 aromatic carbocycles. The first-order chi connectivity index (χ1) is 13.8. The van der Waals surface area contributed by atoms with Crippen molar-refractivity contribution in [1.29, 1.82) is 0 Å². The largest absolute Gasteiger partial charge is 0.394 e. The minimum atomic E-state index is -4.17. The van der Waals surface area contributed by atoms with E-state index in [2.05, 4.69) is 15.0 Å². The highest BCUT2D eigenvalue weighted by atomic mass is 32.2. The van der Waals surface area contributed by atoms with Gasteiger partial charge in [0.15, 0.2) is 11.2 Å². The molecule has 0 spiro atoms. The van der Waals surface area contributed by atoms with Gasteiger partial charge in [-0.05, 0) is 19.1 Å². The van der Waals surface area contributed by atoms with Crippen LogP contribution >= 0.6 is 0 Å². The van der Waals surface area contributed by atoms with Crippen LogP contribution in [0.1, 0.15) is 18.2 Å². The topological polar surface area (TPSA) is 163 Å². The van der Waals surface area contributed by atoms with Crippen LogP contribution in [-0.4, -0.2) is 57.0 Å². The lowest BCUT2D eigenvalue weighted by Gasteiger charge is -2.14. The number of hydrogen-bond donors (Lipinski definition) is 3. The van der Waals surface area contributed by atoms with Gasteiger partial charge in [-0.1, -0.05) is 17.7 Å². The van der Waals surface area contributed by atoms with Crippen molar-refractivity contribution in [1.82, 2.24) is 19.5 Å². The van der Waals surface area contributed by atoms with Crippen molar-refractivity contribution in [2.45, 2.75) is 36.7 Å². The molecule has 154 valence electrons. The SMILES string of the molecule is Cc1ccc(S(=O)(=O)Oc2nc(N)nc3c2ncn3[C@H]2C[C@H](O)[C@@H](CO)O2)cc1. The molecule has 0 saturated carbocycles. The van der Waals surface area contributed by atoms with Crippen molar-refractivity contribution in [3.05, 3.63) is 36.2 Å². The molecule has 0 unspecified atom stereocenters. The molecule has 1 aliphatic rings. The maximum absolute atomic E-state index is 12.6. The molecule has 1 aliphatic heterocycles. The molecular formula is C17H19N5O6S. The lowest BCUT2D eigenvalue weighted by molar-refractivity contribution is -0.0432. The number of nitrogen functional groups attached to an aromatic ring is 1. The quantitative estimate of drug-likeness (QED) is 0.482. The third-order valence-electron chi connectivity index (χ3n) is 4.60. The van der Waals surface area contributed by atoms with Crippen molar-refractivity contribution >= 4 is 27.2 Å². The van der Waals surface area contributed by atoms with Gasteiger partial charge in [-0.25, -0.2) is 4.98 Å². The number of hydrogen-bond acceptors (Lipinski definition) is 10. The van der Waals surface area contributed by atoms with Gasteiger partial charge in [0.1, 0.15) is 17.2 Å². The number of anilines is 1. The third kappa shape index (κ3) is 3.62. The Bertz CT molecular complexity index is 1150. The fourth-order valence-corrected chi connectivity index (χ4v) is 3.97. The van der Waals surface area contributed by atoms with E-state index in [-0.39, 0.29) is 40.9 Å². The summed E-state index contributed by atoms with van der Waals surface area (Å²) >= 11 is 0. The summed E-state index contributed by atoms with van der Waals surface area (Å²) in [5.74, 6) is -0.533. The van der Waals surface area contributed by atoms with Gasteiger partial charge in [0.2, 0.25) is 5.95 Å². The number of fused-ring (bicyclic) bond motifs is 1. The van der Waals surface area contributed by atoms with Crippen molar-refractivity contribution in [3.63, 3.8) is 0 Å². The molecule has 4 N–H and O–H groups in total. The number of aliphatic hydroxyl groups is 2. The Morgan fingerprint density at radius 2 is 2.03 bits per heavy atom. The van der Waals surface area contributed by atoms with E-state index in [1.165, 1.54) is 23.0 Å². The second-order valence-electron chi connectivity index (χ2n) is 6.68. The van der Waals surface area contributed by atoms with Gasteiger partial charge in [-0.15, -0.1) is 0 Å². The molecule has 29 heavy (non-hydrogen) atoms. The highest BCUT2D eigenvalue weighted by Gasteiger charge is 2.35. The van der Waals surface area contributed by atoms with E-state index in [1.54, 1.807) is 12.1 Å². The minimum Gasteiger partial charge on any atom is -0.394 e. The number of nitrogens with two attached hydrogens (primary N) is 1. The minimum absolute atomic E-state index is 0.0408. The standard InChI is InChI=1S/C17H19N5O6S/c1-9-2-4-10(5-3-9)29(25,26)28-16-14-15(20-17(18)21-16)22(8-19-14)13-6-11(24)12(7-23)27-13/h2-5,8,11-13,23-24H,6-7H2,1H3,(H2,18,20,21)/t11-,12+,13+/m0/s1. The molecule has 1 fully saturated rings. The molecule has 3 atom stereocenters. The zero-order valence-corrected chi connectivity index (χ0v) is 16.2. The summed E-state index contributed by atoms with van der Waals surface area (Å²) in [6.07, 6.45) is -0.712. The van der Waals surface area contributed by atoms with Crippen molar-refractivity contribution in [2.24, 2.45) is 0 Å². The summed E-state index contributed by atoms with van der Waals surface area (Å²) in [6.45, 7) is 1.49. The first-order valence-electron chi connectivity index (χ1n) is 8.74. The van der Waals surface area contributed by atoms with E-state index in [4.69, 9.17) is 14.7 Å². The first kappa shape index (κ1) is 19.5. The van der Waals surface area contributed by atoms with E-state index >= 15 is 0 Å². The molecule has 0 amide bonds. The average molecular weight is 421 g/mol. The van der Waals surface area contributed by atoms with E-state index < -0.39 is 28.6 Å². The molecule has 0 aliphatic carbocycles. The number of rotatable bonds is 5. The van der Waals surface area contributed by atoms with E-state index in [0.29, 0.717) is 0 Å². The van der Waals surface area contributed by atoms with Crippen LogP contribution in [0.3, 0.4) is 0 Å². The monoisotopic (exact) mass is 421 g/mol. The van der Waals surface area contributed by atoms with E-state index in [9.17, 15) is 18.6 Å². The second-order valence-corrected chi connectivity index (χ2v) is 8.22. The van der Waals surface area contributed by atoms with E-state index in [1.807, 2.05) is 6.92 Å². The summed E-state index contributed by atoms with van der Waals surface area (Å²) in [4.78, 5) is 12.1. The van der Waals surface area contributed by atoms with Gasteiger partial charge < -0.3 is 24.9 Å².